The Labute approximate surface area is 125 Å². The Morgan fingerprint density at radius 3 is 2.35 bits per heavy atom. The van der Waals surface area contributed by atoms with E-state index in [0.29, 0.717) is 5.92 Å². The van der Waals surface area contributed by atoms with Crippen molar-refractivity contribution in [2.75, 3.05) is 24.5 Å². The number of benzene rings is 1. The molecule has 0 fully saturated rings. The summed E-state index contributed by atoms with van der Waals surface area (Å²) in [6, 6.07) is 10.8. The lowest BCUT2D eigenvalue weighted by Gasteiger charge is -2.30. The van der Waals surface area contributed by atoms with Gasteiger partial charge in [-0.05, 0) is 51.8 Å². The molecule has 0 spiro atoms. The first-order valence-corrected chi connectivity index (χ1v) is 7.97. The van der Waals surface area contributed by atoms with Gasteiger partial charge in [-0.2, -0.15) is 0 Å². The van der Waals surface area contributed by atoms with E-state index in [0.717, 1.165) is 19.6 Å². The van der Waals surface area contributed by atoms with Gasteiger partial charge in [0.25, 0.3) is 0 Å². The summed E-state index contributed by atoms with van der Waals surface area (Å²) in [4.78, 5) is 2.53. The monoisotopic (exact) mass is 276 g/mol. The number of para-hydroxylation sites is 1. The van der Waals surface area contributed by atoms with Gasteiger partial charge in [-0.15, -0.1) is 0 Å². The van der Waals surface area contributed by atoms with Crippen LogP contribution in [0.2, 0.25) is 0 Å². The van der Waals surface area contributed by atoms with Gasteiger partial charge >= 0.3 is 0 Å². The largest absolute Gasteiger partial charge is 0.371 e. The average molecular weight is 276 g/mol. The fourth-order valence-corrected chi connectivity index (χ4v) is 2.23. The van der Waals surface area contributed by atoms with Crippen molar-refractivity contribution >= 4 is 5.69 Å². The lowest BCUT2D eigenvalue weighted by Crippen LogP contribution is -2.41. The zero-order valence-electron chi connectivity index (χ0n) is 13.9. The summed E-state index contributed by atoms with van der Waals surface area (Å²) in [7, 11) is 0. The number of rotatable bonds is 8. The summed E-state index contributed by atoms with van der Waals surface area (Å²) in [6.45, 7) is 14.6. The molecule has 114 valence electrons. The van der Waals surface area contributed by atoms with Gasteiger partial charge in [0.15, 0.2) is 0 Å². The van der Waals surface area contributed by atoms with Crippen LogP contribution in [-0.2, 0) is 0 Å². The summed E-state index contributed by atoms with van der Waals surface area (Å²) in [5.41, 5.74) is 1.55. The van der Waals surface area contributed by atoms with Crippen molar-refractivity contribution in [2.45, 2.75) is 53.0 Å². The minimum atomic E-state index is 0.204. The van der Waals surface area contributed by atoms with Gasteiger partial charge in [0, 0.05) is 24.3 Å². The second-order valence-electron chi connectivity index (χ2n) is 6.87. The lowest BCUT2D eigenvalue weighted by atomic mass is 10.1. The van der Waals surface area contributed by atoms with Gasteiger partial charge in [0.05, 0.1) is 0 Å². The van der Waals surface area contributed by atoms with E-state index in [1.807, 2.05) is 0 Å². The van der Waals surface area contributed by atoms with E-state index in [1.54, 1.807) is 0 Å². The van der Waals surface area contributed by atoms with Crippen molar-refractivity contribution in [3.05, 3.63) is 30.3 Å². The Bertz CT molecular complexity index is 353. The molecule has 0 aliphatic rings. The molecule has 2 heteroatoms. The Balaban J connectivity index is 2.56. The maximum absolute atomic E-state index is 3.61. The predicted molar refractivity (Wildman–Crippen MR) is 90.5 cm³/mol. The second kappa shape index (κ2) is 8.31. The number of nitrogens with zero attached hydrogens (tertiary/aromatic N) is 1. The van der Waals surface area contributed by atoms with Gasteiger partial charge in [-0.25, -0.2) is 0 Å². The Hall–Kier alpha value is -1.02. The normalized spacial score (nSPS) is 13.2. The van der Waals surface area contributed by atoms with Crippen LogP contribution in [0.3, 0.4) is 0 Å². The molecule has 0 amide bonds. The van der Waals surface area contributed by atoms with Crippen molar-refractivity contribution < 1.29 is 0 Å². The van der Waals surface area contributed by atoms with Crippen molar-refractivity contribution in [1.82, 2.24) is 5.32 Å². The first-order valence-electron chi connectivity index (χ1n) is 7.97. The molecule has 0 heterocycles. The number of hydrogen-bond donors (Lipinski definition) is 1. The molecule has 0 aliphatic carbocycles. The Morgan fingerprint density at radius 2 is 1.80 bits per heavy atom. The quantitative estimate of drug-likeness (QED) is 0.761. The van der Waals surface area contributed by atoms with Crippen LogP contribution in [0.4, 0.5) is 5.69 Å². The molecule has 1 aromatic rings. The minimum absolute atomic E-state index is 0.204. The molecule has 20 heavy (non-hydrogen) atoms. The van der Waals surface area contributed by atoms with Crippen LogP contribution in [0, 0.1) is 5.92 Å². The highest BCUT2D eigenvalue weighted by Crippen LogP contribution is 2.16. The highest BCUT2D eigenvalue weighted by molar-refractivity contribution is 5.45. The highest BCUT2D eigenvalue weighted by Gasteiger charge is 2.14. The Kier molecular flexibility index (Phi) is 7.08. The van der Waals surface area contributed by atoms with Gasteiger partial charge in [-0.3, -0.25) is 0 Å². The van der Waals surface area contributed by atoms with Crippen LogP contribution in [0.5, 0.6) is 0 Å². The molecule has 1 atom stereocenters. The molecule has 0 saturated carbocycles. The molecule has 1 rings (SSSR count). The van der Waals surface area contributed by atoms with E-state index in [1.165, 1.54) is 18.5 Å². The molecular weight excluding hydrogens is 244 g/mol. The highest BCUT2D eigenvalue weighted by atomic mass is 15.1. The van der Waals surface area contributed by atoms with Gasteiger partial charge in [-0.1, -0.05) is 38.5 Å². The van der Waals surface area contributed by atoms with E-state index < -0.39 is 0 Å². The first kappa shape index (κ1) is 17.0. The van der Waals surface area contributed by atoms with Crippen molar-refractivity contribution in [1.29, 1.82) is 0 Å². The van der Waals surface area contributed by atoms with E-state index in [-0.39, 0.29) is 5.54 Å². The standard InChI is InChI=1S/C18H32N2/c1-6-7-13-20(17-11-9-8-10-12-17)15-16(2)14-19-18(3,4)5/h8-12,16,19H,6-7,13-15H2,1-5H3. The Morgan fingerprint density at radius 1 is 1.15 bits per heavy atom. The smallest absolute Gasteiger partial charge is 0.0366 e. The van der Waals surface area contributed by atoms with Crippen molar-refractivity contribution in [2.24, 2.45) is 5.92 Å². The fraction of sp³-hybridized carbons (Fsp3) is 0.667. The minimum Gasteiger partial charge on any atom is -0.371 e. The molecule has 1 aromatic carbocycles. The SMILES string of the molecule is CCCCN(CC(C)CNC(C)(C)C)c1ccccc1. The van der Waals surface area contributed by atoms with Crippen molar-refractivity contribution in [3.63, 3.8) is 0 Å². The van der Waals surface area contributed by atoms with Gasteiger partial charge in [0.2, 0.25) is 0 Å². The zero-order valence-corrected chi connectivity index (χ0v) is 13.9. The molecule has 0 radical (unpaired) electrons. The van der Waals surface area contributed by atoms with Crippen LogP contribution in [0.15, 0.2) is 30.3 Å². The fourth-order valence-electron chi connectivity index (χ4n) is 2.23. The van der Waals surface area contributed by atoms with Crippen molar-refractivity contribution in [3.8, 4) is 0 Å². The molecule has 1 unspecified atom stereocenters. The maximum atomic E-state index is 3.61. The van der Waals surface area contributed by atoms with Crippen LogP contribution < -0.4 is 10.2 Å². The van der Waals surface area contributed by atoms with E-state index in [9.17, 15) is 0 Å². The molecule has 0 bridgehead atoms. The van der Waals surface area contributed by atoms with E-state index in [2.05, 4.69) is 75.2 Å². The van der Waals surface area contributed by atoms with Gasteiger partial charge in [0.1, 0.15) is 0 Å². The van der Waals surface area contributed by atoms with Crippen LogP contribution in [-0.4, -0.2) is 25.2 Å². The molecule has 2 nitrogen and oxygen atoms in total. The summed E-state index contributed by atoms with van der Waals surface area (Å²) in [6.07, 6.45) is 2.51. The molecule has 0 aromatic heterocycles. The zero-order chi connectivity index (χ0) is 15.0. The van der Waals surface area contributed by atoms with Crippen LogP contribution >= 0.6 is 0 Å². The number of nitrogens with one attached hydrogen (secondary N) is 1. The van der Waals surface area contributed by atoms with Crippen LogP contribution in [0.25, 0.3) is 0 Å². The maximum Gasteiger partial charge on any atom is 0.0366 e. The number of anilines is 1. The predicted octanol–water partition coefficient (Wildman–Crippen LogP) is 4.32. The third-order valence-electron chi connectivity index (χ3n) is 3.42. The summed E-state index contributed by atoms with van der Waals surface area (Å²) >= 11 is 0. The summed E-state index contributed by atoms with van der Waals surface area (Å²) < 4.78 is 0. The van der Waals surface area contributed by atoms with E-state index >= 15 is 0 Å². The number of unbranched alkanes of at least 4 members (excludes halogenated alkanes) is 1. The third-order valence-corrected chi connectivity index (χ3v) is 3.42. The molecule has 0 saturated heterocycles. The first-order chi connectivity index (χ1) is 9.42. The molecule has 0 aliphatic heterocycles. The lowest BCUT2D eigenvalue weighted by molar-refractivity contribution is 0.381. The van der Waals surface area contributed by atoms with Crippen LogP contribution in [0.1, 0.15) is 47.5 Å². The summed E-state index contributed by atoms with van der Waals surface area (Å²) in [5.74, 6) is 0.645. The molecular formula is C18H32N2. The third kappa shape index (κ3) is 6.95. The van der Waals surface area contributed by atoms with E-state index in [4.69, 9.17) is 0 Å². The topological polar surface area (TPSA) is 15.3 Å². The second-order valence-corrected chi connectivity index (χ2v) is 6.87. The van der Waals surface area contributed by atoms with Gasteiger partial charge < -0.3 is 10.2 Å². The number of hydrogen-bond acceptors (Lipinski definition) is 2. The average Bonchev–Trinajstić information content (AvgIpc) is 2.41. The molecule has 1 N–H and O–H groups in total. The summed E-state index contributed by atoms with van der Waals surface area (Å²) in [5, 5.41) is 3.61.